The van der Waals surface area contributed by atoms with Crippen LogP contribution in [0.3, 0.4) is 0 Å². The third-order valence-electron chi connectivity index (χ3n) is 6.48. The van der Waals surface area contributed by atoms with Crippen LogP contribution >= 0.6 is 0 Å². The van der Waals surface area contributed by atoms with Crippen molar-refractivity contribution in [3.05, 3.63) is 69.2 Å². The van der Waals surface area contributed by atoms with Crippen LogP contribution in [-0.4, -0.2) is 41.1 Å². The van der Waals surface area contributed by atoms with E-state index in [1.807, 2.05) is 74.9 Å². The van der Waals surface area contributed by atoms with Gasteiger partial charge in [-0.1, -0.05) is 0 Å². The number of benzene rings is 4. The number of fused-ring (bicyclic) bond motifs is 4. The molecular weight excluding hydrogens is 414 g/mol. The van der Waals surface area contributed by atoms with Crippen molar-refractivity contribution in [3.8, 4) is 0 Å². The summed E-state index contributed by atoms with van der Waals surface area (Å²) in [6.07, 6.45) is 0. The lowest BCUT2D eigenvalue weighted by atomic mass is 9.91. The van der Waals surface area contributed by atoms with Gasteiger partial charge in [0, 0.05) is 71.0 Å². The Morgan fingerprint density at radius 3 is 2.30 bits per heavy atom. The van der Waals surface area contributed by atoms with Crippen molar-refractivity contribution in [2.75, 3.05) is 40.1 Å². The van der Waals surface area contributed by atoms with Crippen LogP contribution in [-0.2, 0) is 0 Å². The number of hydrogen-bond acceptors (Lipinski definition) is 4. The van der Waals surface area contributed by atoms with Gasteiger partial charge in [-0.3, -0.25) is 9.59 Å². The molecule has 0 fully saturated rings. The van der Waals surface area contributed by atoms with Gasteiger partial charge in [-0.2, -0.15) is 0 Å². The number of nitrogens with zero attached hydrogens (tertiary/aromatic N) is 2. The molecule has 0 radical (unpaired) electrons. The van der Waals surface area contributed by atoms with E-state index in [2.05, 4.69) is 5.32 Å². The number of amides is 1. The van der Waals surface area contributed by atoms with Gasteiger partial charge >= 0.3 is 0 Å². The van der Waals surface area contributed by atoms with Crippen LogP contribution in [0.5, 0.6) is 0 Å². The van der Waals surface area contributed by atoms with Crippen LogP contribution in [0.15, 0.2) is 51.7 Å². The fraction of sp³-hybridized carbons (Fsp3) is 0.222. The van der Waals surface area contributed by atoms with Crippen molar-refractivity contribution < 1.29 is 9.21 Å². The average Bonchev–Trinajstić information content (AvgIpc) is 2.80. The summed E-state index contributed by atoms with van der Waals surface area (Å²) in [7, 11) is 9.50. The molecule has 0 aliphatic heterocycles. The molecule has 4 aromatic carbocycles. The number of carbonyl (C=O) groups is 1. The van der Waals surface area contributed by atoms with Crippen molar-refractivity contribution in [1.82, 2.24) is 9.89 Å². The van der Waals surface area contributed by atoms with Crippen LogP contribution in [0.4, 0.5) is 5.69 Å². The fourth-order valence-electron chi connectivity index (χ4n) is 4.80. The quantitative estimate of drug-likeness (QED) is 0.259. The Hall–Kier alpha value is -3.93. The number of rotatable bonds is 2. The summed E-state index contributed by atoms with van der Waals surface area (Å²) >= 11 is 0. The van der Waals surface area contributed by atoms with Gasteiger partial charge in [0.1, 0.15) is 25.3 Å². The summed E-state index contributed by atoms with van der Waals surface area (Å²) in [5, 5.41) is 8.27. The zero-order valence-corrected chi connectivity index (χ0v) is 19.7. The first-order chi connectivity index (χ1) is 15.7. The van der Waals surface area contributed by atoms with Gasteiger partial charge in [-0.15, -0.1) is 0 Å². The van der Waals surface area contributed by atoms with E-state index in [1.165, 1.54) is 0 Å². The van der Waals surface area contributed by atoms with Crippen LogP contribution in [0.2, 0.25) is 0 Å². The van der Waals surface area contributed by atoms with E-state index in [0.717, 1.165) is 43.7 Å². The van der Waals surface area contributed by atoms with Gasteiger partial charge in [0.2, 0.25) is 5.36 Å². The molecule has 0 spiro atoms. The summed E-state index contributed by atoms with van der Waals surface area (Å²) in [5.74, 6) is -0.189. The van der Waals surface area contributed by atoms with E-state index in [4.69, 9.17) is 4.42 Å². The van der Waals surface area contributed by atoms with E-state index in [0.29, 0.717) is 21.9 Å². The molecule has 0 atom stereocenters. The van der Waals surface area contributed by atoms with Crippen molar-refractivity contribution in [1.29, 1.82) is 0 Å². The molecule has 0 saturated carbocycles. The average molecular weight is 441 g/mol. The van der Waals surface area contributed by atoms with Crippen molar-refractivity contribution in [3.63, 3.8) is 0 Å². The molecule has 5 aromatic rings. The first-order valence-corrected chi connectivity index (χ1v) is 10.9. The number of anilines is 1. The minimum absolute atomic E-state index is 0.0494. The predicted octanol–water partition coefficient (Wildman–Crippen LogP) is 3.46. The summed E-state index contributed by atoms with van der Waals surface area (Å²) in [6, 6.07) is 13.4. The minimum atomic E-state index is -0.189. The van der Waals surface area contributed by atoms with Crippen LogP contribution < -0.4 is 25.6 Å². The van der Waals surface area contributed by atoms with Gasteiger partial charge in [0.25, 0.3) is 5.91 Å². The highest BCUT2D eigenvalue weighted by molar-refractivity contribution is 6.28. The third kappa shape index (κ3) is 2.98. The molecule has 6 nitrogen and oxygen atoms in total. The molecule has 0 unspecified atom stereocenters. The Kier molecular flexibility index (Phi) is 4.64. The highest BCUT2D eigenvalue weighted by atomic mass is 16.3. The molecule has 0 bridgehead atoms. The fourth-order valence-corrected chi connectivity index (χ4v) is 4.80. The number of hydrogen-bond donors (Lipinski definition) is 1. The maximum absolute atomic E-state index is 13.8. The Morgan fingerprint density at radius 2 is 1.64 bits per heavy atom. The molecule has 1 amide bonds. The van der Waals surface area contributed by atoms with Gasteiger partial charge in [-0.25, -0.2) is 4.58 Å². The van der Waals surface area contributed by atoms with E-state index in [9.17, 15) is 9.59 Å². The molecule has 166 valence electrons. The first-order valence-electron chi connectivity index (χ1n) is 10.9. The molecule has 1 aromatic heterocycles. The van der Waals surface area contributed by atoms with E-state index >= 15 is 0 Å². The lowest BCUT2D eigenvalue weighted by molar-refractivity contribution is 0.0963. The SMILES string of the molecule is CNC(=O)c1ccc2c(=O)c3c(C)c(=[N+](C)C)cc4oc5cc(N(C)C)ccc5c(c2c1)c43. The molecule has 0 aliphatic rings. The standard InChI is InChI=1S/C27H25N3O3/c1-14-20(30(5)6)13-22-25-23(14)26(31)17-9-7-15(27(32)28-2)11-19(17)24(25)18-10-8-16(29(3)4)12-21(18)33-22/h7-13H,1-6H3/p+1. The molecule has 6 heteroatoms. The zero-order chi connectivity index (χ0) is 23.6. The molecule has 1 heterocycles. The largest absolute Gasteiger partial charge is 0.456 e. The van der Waals surface area contributed by atoms with Gasteiger partial charge in [0.05, 0.1) is 6.07 Å². The lowest BCUT2D eigenvalue weighted by Gasteiger charge is -2.16. The second-order valence-corrected chi connectivity index (χ2v) is 8.88. The van der Waals surface area contributed by atoms with E-state index in [-0.39, 0.29) is 11.3 Å². The van der Waals surface area contributed by atoms with Crippen molar-refractivity contribution in [2.24, 2.45) is 0 Å². The molecule has 1 N–H and O–H groups in total. The monoisotopic (exact) mass is 440 g/mol. The van der Waals surface area contributed by atoms with Crippen LogP contribution in [0, 0.1) is 6.92 Å². The molecule has 33 heavy (non-hydrogen) atoms. The highest BCUT2D eigenvalue weighted by Crippen LogP contribution is 2.38. The van der Waals surface area contributed by atoms with Crippen molar-refractivity contribution >= 4 is 55.1 Å². The smallest absolute Gasteiger partial charge is 0.251 e. The summed E-state index contributed by atoms with van der Waals surface area (Å²) in [4.78, 5) is 28.2. The van der Waals surface area contributed by atoms with E-state index < -0.39 is 0 Å². The Bertz CT molecular complexity index is 1740. The van der Waals surface area contributed by atoms with Crippen LogP contribution in [0.1, 0.15) is 15.9 Å². The number of carbonyl (C=O) groups excluding carboxylic acids is 1. The Balaban J connectivity index is 2.15. The topological polar surface area (TPSA) is 65.6 Å². The maximum Gasteiger partial charge on any atom is 0.251 e. The summed E-state index contributed by atoms with van der Waals surface area (Å²) in [5.41, 5.74) is 3.78. The van der Waals surface area contributed by atoms with Gasteiger partial charge < -0.3 is 14.6 Å². The lowest BCUT2D eigenvalue weighted by Crippen LogP contribution is -2.26. The Morgan fingerprint density at radius 1 is 0.909 bits per heavy atom. The van der Waals surface area contributed by atoms with Crippen LogP contribution in [0.25, 0.3) is 43.5 Å². The second-order valence-electron chi connectivity index (χ2n) is 8.88. The summed E-state index contributed by atoms with van der Waals surface area (Å²) in [6.45, 7) is 1.98. The predicted molar refractivity (Wildman–Crippen MR) is 136 cm³/mol. The van der Waals surface area contributed by atoms with E-state index in [1.54, 1.807) is 19.2 Å². The number of aryl methyl sites for hydroxylation is 1. The first kappa shape index (κ1) is 20.9. The van der Waals surface area contributed by atoms with Gasteiger partial charge in [0.15, 0.2) is 5.43 Å². The third-order valence-corrected chi connectivity index (χ3v) is 6.48. The Labute approximate surface area is 190 Å². The molecule has 0 saturated heterocycles. The van der Waals surface area contributed by atoms with Gasteiger partial charge in [-0.05, 0) is 42.6 Å². The van der Waals surface area contributed by atoms with Crippen molar-refractivity contribution in [2.45, 2.75) is 6.92 Å². The highest BCUT2D eigenvalue weighted by Gasteiger charge is 2.22. The summed E-state index contributed by atoms with van der Waals surface area (Å²) < 4.78 is 8.42. The second kappa shape index (κ2) is 7.30. The molecule has 0 aliphatic carbocycles. The maximum atomic E-state index is 13.8. The normalized spacial score (nSPS) is 11.6. The molecular formula is C27H26N3O3+. The zero-order valence-electron chi connectivity index (χ0n) is 19.7. The minimum Gasteiger partial charge on any atom is -0.456 e. The molecule has 5 rings (SSSR count). The number of nitrogens with one attached hydrogen (secondary N) is 1.